The van der Waals surface area contributed by atoms with Crippen LogP contribution in [0.3, 0.4) is 0 Å². The molecule has 4 heteroatoms. The van der Waals surface area contributed by atoms with Crippen molar-refractivity contribution in [3.05, 3.63) is 99.0 Å². The second-order valence-corrected chi connectivity index (χ2v) is 7.42. The highest BCUT2D eigenvalue weighted by Gasteiger charge is 2.20. The molecule has 0 aliphatic rings. The third kappa shape index (κ3) is 4.83. The molecule has 29 heavy (non-hydrogen) atoms. The van der Waals surface area contributed by atoms with Crippen LogP contribution in [0.15, 0.2) is 65.5 Å². The molecule has 1 heterocycles. The second kappa shape index (κ2) is 9.37. The molecule has 0 aliphatic carbocycles. The van der Waals surface area contributed by atoms with Crippen LogP contribution in [-0.4, -0.2) is 10.5 Å². The molecule has 3 rings (SSSR count). The van der Waals surface area contributed by atoms with Gasteiger partial charge in [-0.05, 0) is 43.9 Å². The number of unbranched alkanes of at least 4 members (excludes halogenated alkanes) is 1. The lowest BCUT2D eigenvalue weighted by atomic mass is 10.0. The summed E-state index contributed by atoms with van der Waals surface area (Å²) in [5.41, 5.74) is 4.56. The molecule has 0 fully saturated rings. The van der Waals surface area contributed by atoms with Gasteiger partial charge in [-0.2, -0.15) is 0 Å². The van der Waals surface area contributed by atoms with E-state index in [1.165, 1.54) is 0 Å². The predicted octanol–water partition coefficient (Wildman–Crippen LogP) is 5.11. The Hall–Kier alpha value is -3.14. The monoisotopic (exact) mass is 388 g/mol. The van der Waals surface area contributed by atoms with Crippen LogP contribution >= 0.6 is 0 Å². The van der Waals surface area contributed by atoms with Crippen LogP contribution in [0.25, 0.3) is 0 Å². The lowest BCUT2D eigenvalue weighted by Crippen LogP contribution is -2.29. The van der Waals surface area contributed by atoms with Gasteiger partial charge in [0, 0.05) is 29.7 Å². The van der Waals surface area contributed by atoms with E-state index in [2.05, 4.69) is 28.9 Å². The molecule has 2 aromatic carbocycles. The summed E-state index contributed by atoms with van der Waals surface area (Å²) in [4.78, 5) is 26.0. The zero-order valence-electron chi connectivity index (χ0n) is 17.4. The Bertz CT molecular complexity index is 1050. The van der Waals surface area contributed by atoms with E-state index in [1.54, 1.807) is 6.07 Å². The lowest BCUT2D eigenvalue weighted by molar-refractivity contribution is 0.102. The van der Waals surface area contributed by atoms with E-state index in [9.17, 15) is 9.59 Å². The Balaban J connectivity index is 2.07. The van der Waals surface area contributed by atoms with Gasteiger partial charge in [-0.25, -0.2) is 0 Å². The fourth-order valence-corrected chi connectivity index (χ4v) is 3.56. The number of aromatic nitrogens is 1. The van der Waals surface area contributed by atoms with E-state index >= 15 is 0 Å². The van der Waals surface area contributed by atoms with Gasteiger partial charge in [-0.1, -0.05) is 61.9 Å². The van der Waals surface area contributed by atoms with E-state index < -0.39 is 0 Å². The summed E-state index contributed by atoms with van der Waals surface area (Å²) in [5.74, 6) is -0.336. The molecular weight excluding hydrogens is 360 g/mol. The number of rotatable bonds is 7. The Labute approximate surface area is 172 Å². The topological polar surface area (TPSA) is 51.1 Å². The summed E-state index contributed by atoms with van der Waals surface area (Å²) in [6.07, 6.45) is 2.60. The predicted molar refractivity (Wildman–Crippen MR) is 119 cm³/mol. The molecule has 0 bridgehead atoms. The first-order valence-electron chi connectivity index (χ1n) is 10.2. The van der Waals surface area contributed by atoms with Crippen molar-refractivity contribution in [1.29, 1.82) is 0 Å². The molecule has 0 aliphatic heterocycles. The smallest absolute Gasteiger partial charge is 0.261 e. The van der Waals surface area contributed by atoms with Crippen LogP contribution in [0.4, 0.5) is 5.69 Å². The summed E-state index contributed by atoms with van der Waals surface area (Å²) < 4.78 is 2.11. The number of pyridine rings is 1. The Morgan fingerprint density at radius 1 is 1.00 bits per heavy atom. The number of hydrogen-bond acceptors (Lipinski definition) is 2. The number of aryl methyl sites for hydroxylation is 2. The highest BCUT2D eigenvalue weighted by molar-refractivity contribution is 6.05. The van der Waals surface area contributed by atoms with E-state index in [0.717, 1.165) is 41.0 Å². The normalized spacial score (nSPS) is 10.7. The summed E-state index contributed by atoms with van der Waals surface area (Å²) in [6, 6.07) is 19.3. The van der Waals surface area contributed by atoms with E-state index in [0.29, 0.717) is 13.0 Å². The molecule has 1 amide bonds. The zero-order valence-corrected chi connectivity index (χ0v) is 17.4. The third-order valence-corrected chi connectivity index (χ3v) is 5.20. The summed E-state index contributed by atoms with van der Waals surface area (Å²) >= 11 is 0. The van der Waals surface area contributed by atoms with Crippen molar-refractivity contribution in [3.8, 4) is 0 Å². The number of amides is 1. The van der Waals surface area contributed by atoms with Gasteiger partial charge in [-0.15, -0.1) is 0 Å². The lowest BCUT2D eigenvalue weighted by Gasteiger charge is -2.20. The van der Waals surface area contributed by atoms with Crippen molar-refractivity contribution in [2.45, 2.75) is 46.6 Å². The largest absolute Gasteiger partial charge is 0.343 e. The number of para-hydroxylation sites is 1. The molecule has 0 atom stereocenters. The van der Waals surface area contributed by atoms with Crippen molar-refractivity contribution in [1.82, 2.24) is 4.57 Å². The number of carbonyl (C=O) groups is 1. The van der Waals surface area contributed by atoms with Crippen LogP contribution in [0.2, 0.25) is 0 Å². The number of nitrogens with one attached hydrogen (secondary N) is 1. The minimum absolute atomic E-state index is 0.219. The average molecular weight is 389 g/mol. The maximum Gasteiger partial charge on any atom is 0.261 e. The van der Waals surface area contributed by atoms with Gasteiger partial charge in [0.05, 0.1) is 0 Å². The van der Waals surface area contributed by atoms with Gasteiger partial charge in [0.2, 0.25) is 0 Å². The number of carbonyl (C=O) groups excluding carboxylic acids is 1. The third-order valence-electron chi connectivity index (χ3n) is 5.20. The van der Waals surface area contributed by atoms with Gasteiger partial charge in [0.15, 0.2) is 5.43 Å². The van der Waals surface area contributed by atoms with Gasteiger partial charge in [0.25, 0.3) is 5.91 Å². The fraction of sp³-hybridized carbons (Fsp3) is 0.280. The maximum atomic E-state index is 13.2. The molecule has 0 spiro atoms. The van der Waals surface area contributed by atoms with Crippen molar-refractivity contribution in [3.63, 3.8) is 0 Å². The van der Waals surface area contributed by atoms with E-state index in [-0.39, 0.29) is 16.9 Å². The molecule has 0 unspecified atom stereocenters. The zero-order chi connectivity index (χ0) is 20.8. The van der Waals surface area contributed by atoms with Crippen LogP contribution in [0, 0.1) is 13.8 Å². The summed E-state index contributed by atoms with van der Waals surface area (Å²) in [5, 5.41) is 2.94. The maximum absolute atomic E-state index is 13.2. The highest BCUT2D eigenvalue weighted by atomic mass is 16.2. The van der Waals surface area contributed by atoms with Gasteiger partial charge >= 0.3 is 0 Å². The van der Waals surface area contributed by atoms with Gasteiger partial charge in [0.1, 0.15) is 5.56 Å². The summed E-state index contributed by atoms with van der Waals surface area (Å²) in [7, 11) is 0. The molecule has 0 radical (unpaired) electrons. The number of nitrogens with zero attached hydrogens (tertiary/aromatic N) is 1. The van der Waals surface area contributed by atoms with Crippen molar-refractivity contribution in [2.75, 3.05) is 5.32 Å². The van der Waals surface area contributed by atoms with Crippen LogP contribution < -0.4 is 10.7 Å². The Kier molecular flexibility index (Phi) is 6.65. The molecule has 1 N–H and O–H groups in total. The number of hydrogen-bond donors (Lipinski definition) is 1. The fourth-order valence-electron chi connectivity index (χ4n) is 3.56. The van der Waals surface area contributed by atoms with Crippen molar-refractivity contribution < 1.29 is 4.79 Å². The highest BCUT2D eigenvalue weighted by Crippen LogP contribution is 2.18. The van der Waals surface area contributed by atoms with Gasteiger partial charge < -0.3 is 9.88 Å². The van der Waals surface area contributed by atoms with Gasteiger partial charge in [-0.3, -0.25) is 9.59 Å². The molecule has 0 saturated heterocycles. The molecule has 4 nitrogen and oxygen atoms in total. The molecular formula is C25H28N2O2. The minimum Gasteiger partial charge on any atom is -0.343 e. The molecule has 150 valence electrons. The van der Waals surface area contributed by atoms with Crippen LogP contribution in [-0.2, 0) is 13.0 Å². The number of anilines is 1. The minimum atomic E-state index is -0.336. The first-order chi connectivity index (χ1) is 14.0. The quantitative estimate of drug-likeness (QED) is 0.611. The van der Waals surface area contributed by atoms with Crippen molar-refractivity contribution in [2.24, 2.45) is 0 Å². The van der Waals surface area contributed by atoms with Crippen LogP contribution in [0.1, 0.15) is 52.6 Å². The molecule has 0 saturated carbocycles. The SMILES string of the molecule is CCCCc1c(C(=O)Nc2ccccc2C)c(=O)cc(C)n1Cc1ccccc1. The number of benzene rings is 2. The standard InChI is InChI=1S/C25H28N2O2/c1-4-5-15-22-24(25(29)26-21-14-10-9-11-18(21)2)23(28)16-19(3)27(22)17-20-12-7-6-8-13-20/h6-14,16H,4-5,15,17H2,1-3H3,(H,26,29). The Morgan fingerprint density at radius 3 is 2.38 bits per heavy atom. The summed E-state index contributed by atoms with van der Waals surface area (Å²) in [6.45, 7) is 6.62. The first kappa shape index (κ1) is 20.6. The molecule has 3 aromatic rings. The average Bonchev–Trinajstić information content (AvgIpc) is 2.71. The van der Waals surface area contributed by atoms with Crippen LogP contribution in [0.5, 0.6) is 0 Å². The Morgan fingerprint density at radius 2 is 1.69 bits per heavy atom. The van der Waals surface area contributed by atoms with Crippen molar-refractivity contribution >= 4 is 11.6 Å². The second-order valence-electron chi connectivity index (χ2n) is 7.42. The first-order valence-corrected chi connectivity index (χ1v) is 10.2. The molecule has 1 aromatic heterocycles. The van der Waals surface area contributed by atoms with E-state index in [4.69, 9.17) is 0 Å². The van der Waals surface area contributed by atoms with E-state index in [1.807, 2.05) is 56.3 Å².